The molecule has 5 nitrogen and oxygen atoms in total. The normalized spacial score (nSPS) is 9.72. The van der Waals surface area contributed by atoms with E-state index in [1.165, 1.54) is 0 Å². The van der Waals surface area contributed by atoms with Gasteiger partial charge in [-0.25, -0.2) is 4.79 Å². The minimum Gasteiger partial charge on any atom is -0.447 e. The van der Waals surface area contributed by atoms with Crippen LogP contribution in [0.1, 0.15) is 34.6 Å². The van der Waals surface area contributed by atoms with Gasteiger partial charge in [-0.15, -0.1) is 0 Å². The highest BCUT2D eigenvalue weighted by atomic mass is 16.5. The molecule has 0 spiro atoms. The van der Waals surface area contributed by atoms with Crippen LogP contribution in [0.15, 0.2) is 0 Å². The largest absolute Gasteiger partial charge is 0.447 e. The third kappa shape index (κ3) is 5.48. The van der Waals surface area contributed by atoms with Gasteiger partial charge in [-0.1, -0.05) is 5.92 Å². The second-order valence-corrected chi connectivity index (χ2v) is 4.33. The Kier molecular flexibility index (Phi) is 6.73. The third-order valence-corrected chi connectivity index (χ3v) is 2.11. The molecule has 100 valence electrons. The standard InChI is InChI=1S/C13H19NO4/c1-9(2)14(10(3)4)12(16)7-6-8-18-13(17)11(5)15/h9-10H,8H2,1-5H3. The molecule has 0 saturated carbocycles. The SMILES string of the molecule is CC(=O)C(=O)OCC#CC(=O)N(C(C)C)C(C)C. The molecule has 0 atom stereocenters. The van der Waals surface area contributed by atoms with E-state index in [0.29, 0.717) is 0 Å². The molecule has 0 unspecified atom stereocenters. The molecule has 0 N–H and O–H groups in total. The lowest BCUT2D eigenvalue weighted by atomic mass is 10.2. The summed E-state index contributed by atoms with van der Waals surface area (Å²) in [6.07, 6.45) is 0. The van der Waals surface area contributed by atoms with Crippen LogP contribution < -0.4 is 0 Å². The lowest BCUT2D eigenvalue weighted by Gasteiger charge is -2.28. The van der Waals surface area contributed by atoms with E-state index < -0.39 is 11.8 Å². The van der Waals surface area contributed by atoms with Gasteiger partial charge in [-0.05, 0) is 33.6 Å². The summed E-state index contributed by atoms with van der Waals surface area (Å²) in [6.45, 7) is 8.45. The first-order valence-corrected chi connectivity index (χ1v) is 5.76. The summed E-state index contributed by atoms with van der Waals surface area (Å²) >= 11 is 0. The number of amides is 1. The van der Waals surface area contributed by atoms with Crippen LogP contribution in [0.4, 0.5) is 0 Å². The number of rotatable bonds is 4. The first-order chi connectivity index (χ1) is 8.27. The van der Waals surface area contributed by atoms with Crippen molar-refractivity contribution in [2.75, 3.05) is 6.61 Å². The van der Waals surface area contributed by atoms with Crippen LogP contribution in [0.2, 0.25) is 0 Å². The van der Waals surface area contributed by atoms with E-state index in [1.54, 1.807) is 4.90 Å². The van der Waals surface area contributed by atoms with Crippen molar-refractivity contribution >= 4 is 17.7 Å². The van der Waals surface area contributed by atoms with Crippen molar-refractivity contribution in [1.82, 2.24) is 4.90 Å². The van der Waals surface area contributed by atoms with E-state index in [1.807, 2.05) is 27.7 Å². The van der Waals surface area contributed by atoms with Crippen LogP contribution in [0.3, 0.4) is 0 Å². The number of hydrogen-bond donors (Lipinski definition) is 0. The number of Topliss-reactive ketones (excluding diaryl/α,β-unsaturated/α-hetero) is 1. The second-order valence-electron chi connectivity index (χ2n) is 4.33. The number of hydrogen-bond acceptors (Lipinski definition) is 4. The monoisotopic (exact) mass is 253 g/mol. The minimum atomic E-state index is -0.943. The summed E-state index contributed by atoms with van der Waals surface area (Å²) in [5, 5.41) is 0. The van der Waals surface area contributed by atoms with Crippen molar-refractivity contribution in [1.29, 1.82) is 0 Å². The van der Waals surface area contributed by atoms with Gasteiger partial charge in [0, 0.05) is 19.0 Å². The Balaban J connectivity index is 4.40. The van der Waals surface area contributed by atoms with E-state index >= 15 is 0 Å². The Bertz CT molecular complexity index is 380. The van der Waals surface area contributed by atoms with Crippen LogP contribution in [0, 0.1) is 11.8 Å². The smallest absolute Gasteiger partial charge is 0.375 e. The highest BCUT2D eigenvalue weighted by Gasteiger charge is 2.17. The summed E-state index contributed by atoms with van der Waals surface area (Å²) in [4.78, 5) is 34.7. The van der Waals surface area contributed by atoms with Gasteiger partial charge < -0.3 is 9.64 Å². The van der Waals surface area contributed by atoms with Crippen molar-refractivity contribution in [3.05, 3.63) is 0 Å². The zero-order valence-electron chi connectivity index (χ0n) is 11.4. The summed E-state index contributed by atoms with van der Waals surface area (Å²) in [7, 11) is 0. The Morgan fingerprint density at radius 2 is 1.61 bits per heavy atom. The van der Waals surface area contributed by atoms with Gasteiger partial charge >= 0.3 is 5.97 Å². The number of nitrogens with zero attached hydrogens (tertiary/aromatic N) is 1. The molecule has 0 aliphatic rings. The maximum absolute atomic E-state index is 11.7. The van der Waals surface area contributed by atoms with Crippen LogP contribution in [0.5, 0.6) is 0 Å². The van der Waals surface area contributed by atoms with Crippen LogP contribution in [-0.2, 0) is 19.1 Å². The molecule has 1 amide bonds. The summed E-state index contributed by atoms with van der Waals surface area (Å²) in [6, 6.07) is 0.0955. The lowest BCUT2D eigenvalue weighted by molar-refractivity contribution is -0.151. The van der Waals surface area contributed by atoms with E-state index in [4.69, 9.17) is 0 Å². The molecule has 0 aromatic heterocycles. The molecular weight excluding hydrogens is 234 g/mol. The van der Waals surface area contributed by atoms with Gasteiger partial charge in [-0.3, -0.25) is 9.59 Å². The third-order valence-electron chi connectivity index (χ3n) is 2.11. The second kappa shape index (κ2) is 7.49. The fourth-order valence-corrected chi connectivity index (χ4v) is 1.44. The Morgan fingerprint density at radius 1 is 1.11 bits per heavy atom. The van der Waals surface area contributed by atoms with Crippen LogP contribution >= 0.6 is 0 Å². The van der Waals surface area contributed by atoms with E-state index in [0.717, 1.165) is 6.92 Å². The number of ether oxygens (including phenoxy) is 1. The molecule has 0 aliphatic heterocycles. The van der Waals surface area contributed by atoms with Gasteiger partial charge in [0.05, 0.1) is 0 Å². The highest BCUT2D eigenvalue weighted by molar-refractivity contribution is 6.32. The molecule has 18 heavy (non-hydrogen) atoms. The van der Waals surface area contributed by atoms with Gasteiger partial charge in [0.1, 0.15) is 0 Å². The number of carbonyl (C=O) groups excluding carboxylic acids is 3. The molecule has 0 bridgehead atoms. The lowest BCUT2D eigenvalue weighted by Crippen LogP contribution is -2.41. The first-order valence-electron chi connectivity index (χ1n) is 5.76. The number of carbonyl (C=O) groups is 3. The molecule has 0 heterocycles. The quantitative estimate of drug-likeness (QED) is 0.422. The van der Waals surface area contributed by atoms with Crippen molar-refractivity contribution in [2.24, 2.45) is 0 Å². The molecule has 0 aromatic carbocycles. The summed E-state index contributed by atoms with van der Waals surface area (Å²) < 4.78 is 4.52. The average molecular weight is 253 g/mol. The van der Waals surface area contributed by atoms with Crippen LogP contribution in [-0.4, -0.2) is 41.3 Å². The van der Waals surface area contributed by atoms with E-state index in [9.17, 15) is 14.4 Å². The zero-order chi connectivity index (χ0) is 14.3. The Morgan fingerprint density at radius 3 is 2.00 bits per heavy atom. The average Bonchev–Trinajstić information content (AvgIpc) is 2.22. The van der Waals surface area contributed by atoms with E-state index in [-0.39, 0.29) is 24.6 Å². The molecule has 0 radical (unpaired) electrons. The van der Waals surface area contributed by atoms with Crippen molar-refractivity contribution in [2.45, 2.75) is 46.7 Å². The zero-order valence-corrected chi connectivity index (χ0v) is 11.4. The molecule has 0 aromatic rings. The molecule has 5 heteroatoms. The molecule has 0 aliphatic carbocycles. The first kappa shape index (κ1) is 16.2. The topological polar surface area (TPSA) is 63.7 Å². The summed E-state index contributed by atoms with van der Waals surface area (Å²) in [5.41, 5.74) is 0. The molecule has 0 fully saturated rings. The molecule has 0 saturated heterocycles. The van der Waals surface area contributed by atoms with Crippen molar-refractivity contribution < 1.29 is 19.1 Å². The highest BCUT2D eigenvalue weighted by Crippen LogP contribution is 2.04. The fourth-order valence-electron chi connectivity index (χ4n) is 1.44. The molecule has 0 rings (SSSR count). The Hall–Kier alpha value is -1.83. The van der Waals surface area contributed by atoms with E-state index in [2.05, 4.69) is 16.6 Å². The predicted molar refractivity (Wildman–Crippen MR) is 66.5 cm³/mol. The van der Waals surface area contributed by atoms with Gasteiger partial charge in [0.25, 0.3) is 5.91 Å². The minimum absolute atomic E-state index is 0.0477. The molecular formula is C13H19NO4. The number of ketones is 1. The maximum atomic E-state index is 11.7. The van der Waals surface area contributed by atoms with Gasteiger partial charge in [-0.2, -0.15) is 0 Å². The van der Waals surface area contributed by atoms with Crippen molar-refractivity contribution in [3.8, 4) is 11.8 Å². The predicted octanol–water partition coefficient (Wildman–Crippen LogP) is 0.767. The fraction of sp³-hybridized carbons (Fsp3) is 0.615. The Labute approximate surface area is 107 Å². The van der Waals surface area contributed by atoms with Crippen molar-refractivity contribution in [3.63, 3.8) is 0 Å². The van der Waals surface area contributed by atoms with Gasteiger partial charge in [0.2, 0.25) is 5.78 Å². The number of esters is 1. The van der Waals surface area contributed by atoms with Gasteiger partial charge in [0.15, 0.2) is 6.61 Å². The maximum Gasteiger partial charge on any atom is 0.375 e. The van der Waals surface area contributed by atoms with Crippen LogP contribution in [0.25, 0.3) is 0 Å². The summed E-state index contributed by atoms with van der Waals surface area (Å²) in [5.74, 6) is 2.86.